The van der Waals surface area contributed by atoms with E-state index in [1.54, 1.807) is 0 Å². The molecule has 0 heterocycles. The van der Waals surface area contributed by atoms with Gasteiger partial charge in [-0.1, -0.05) is 13.8 Å². The standard InChI is InChI=1S/C15H35NO2Si/c1-11-17-19(13(3)4,18-12-2)16(14(5,6)7)15(8,9)10/h13H,11-12H2,1-10H3. The quantitative estimate of drug-likeness (QED) is 0.680. The Morgan fingerprint density at radius 2 is 1.16 bits per heavy atom. The van der Waals surface area contributed by atoms with Crippen molar-refractivity contribution in [3.63, 3.8) is 0 Å². The van der Waals surface area contributed by atoms with E-state index in [0.717, 1.165) is 0 Å². The Labute approximate surface area is 122 Å². The first-order chi connectivity index (χ1) is 8.43. The first-order valence-electron chi connectivity index (χ1n) is 7.51. The molecular formula is C15H35NO2Si. The van der Waals surface area contributed by atoms with Gasteiger partial charge in [0.05, 0.1) is 0 Å². The van der Waals surface area contributed by atoms with Crippen LogP contribution in [0, 0.1) is 0 Å². The molecule has 0 radical (unpaired) electrons. The molecule has 116 valence electrons. The molecule has 0 spiro atoms. The summed E-state index contributed by atoms with van der Waals surface area (Å²) in [6, 6.07) is 0. The fourth-order valence-electron chi connectivity index (χ4n) is 3.12. The van der Waals surface area contributed by atoms with Crippen LogP contribution in [0.25, 0.3) is 0 Å². The van der Waals surface area contributed by atoms with Crippen LogP contribution in [0.5, 0.6) is 0 Å². The summed E-state index contributed by atoms with van der Waals surface area (Å²) in [4.78, 5) is 0. The molecule has 4 heteroatoms. The Kier molecular flexibility index (Phi) is 6.73. The fraction of sp³-hybridized carbons (Fsp3) is 1.00. The molecule has 0 aliphatic heterocycles. The zero-order chi connectivity index (χ0) is 15.5. The molecule has 0 aromatic rings. The van der Waals surface area contributed by atoms with E-state index in [-0.39, 0.29) is 11.1 Å². The molecule has 0 amide bonds. The van der Waals surface area contributed by atoms with E-state index in [1.165, 1.54) is 0 Å². The molecule has 19 heavy (non-hydrogen) atoms. The lowest BCUT2D eigenvalue weighted by Gasteiger charge is -2.55. The Bertz CT molecular complexity index is 246. The zero-order valence-corrected chi connectivity index (χ0v) is 15.8. The highest BCUT2D eigenvalue weighted by Crippen LogP contribution is 2.38. The van der Waals surface area contributed by atoms with E-state index < -0.39 is 8.72 Å². The van der Waals surface area contributed by atoms with Crippen molar-refractivity contribution < 1.29 is 8.85 Å². The maximum absolute atomic E-state index is 6.29. The summed E-state index contributed by atoms with van der Waals surface area (Å²) in [5.74, 6) is 0. The van der Waals surface area contributed by atoms with Gasteiger partial charge in [0.2, 0.25) is 0 Å². The van der Waals surface area contributed by atoms with E-state index in [1.807, 2.05) is 0 Å². The maximum atomic E-state index is 6.29. The topological polar surface area (TPSA) is 21.7 Å². The average Bonchev–Trinajstić information content (AvgIpc) is 2.12. The normalized spacial score (nSPS) is 14.5. The van der Waals surface area contributed by atoms with Gasteiger partial charge in [0.15, 0.2) is 0 Å². The molecule has 0 saturated carbocycles. The van der Waals surface area contributed by atoms with Crippen molar-refractivity contribution in [2.45, 2.75) is 85.9 Å². The Morgan fingerprint density at radius 3 is 1.32 bits per heavy atom. The van der Waals surface area contributed by atoms with Gasteiger partial charge < -0.3 is 8.85 Å². The summed E-state index contributed by atoms with van der Waals surface area (Å²) >= 11 is 0. The molecule has 0 aromatic heterocycles. The lowest BCUT2D eigenvalue weighted by molar-refractivity contribution is 0.0224. The second kappa shape index (κ2) is 6.70. The molecule has 0 aromatic carbocycles. The number of nitrogens with zero attached hydrogens (tertiary/aromatic N) is 1. The third-order valence-corrected chi connectivity index (χ3v) is 7.91. The lowest BCUT2D eigenvalue weighted by Crippen LogP contribution is -2.71. The third-order valence-electron chi connectivity index (χ3n) is 3.09. The second-order valence-electron chi connectivity index (χ2n) is 7.33. The highest BCUT2D eigenvalue weighted by molar-refractivity contribution is 6.66. The summed E-state index contributed by atoms with van der Waals surface area (Å²) in [6.07, 6.45) is 0. The van der Waals surface area contributed by atoms with Crippen molar-refractivity contribution in [3.05, 3.63) is 0 Å². The fourth-order valence-corrected chi connectivity index (χ4v) is 7.34. The van der Waals surface area contributed by atoms with Crippen LogP contribution >= 0.6 is 0 Å². The molecule has 0 unspecified atom stereocenters. The molecule has 0 atom stereocenters. The maximum Gasteiger partial charge on any atom is 0.431 e. The first-order valence-corrected chi connectivity index (χ1v) is 9.36. The predicted molar refractivity (Wildman–Crippen MR) is 85.4 cm³/mol. The first kappa shape index (κ1) is 19.1. The smallest absolute Gasteiger partial charge is 0.383 e. The Balaban J connectivity index is 5.86. The van der Waals surface area contributed by atoms with Gasteiger partial charge in [-0.25, -0.2) is 0 Å². The SMILES string of the molecule is CCO[Si](OCC)(C(C)C)N(C(C)(C)C)C(C)(C)C. The van der Waals surface area contributed by atoms with Gasteiger partial charge in [-0.15, -0.1) is 0 Å². The highest BCUT2D eigenvalue weighted by Gasteiger charge is 2.55. The van der Waals surface area contributed by atoms with Crippen LogP contribution in [0.3, 0.4) is 0 Å². The summed E-state index contributed by atoms with van der Waals surface area (Å²) in [6.45, 7) is 23.5. The van der Waals surface area contributed by atoms with Crippen molar-refractivity contribution in [2.24, 2.45) is 0 Å². The zero-order valence-electron chi connectivity index (χ0n) is 14.8. The molecule has 0 aliphatic rings. The summed E-state index contributed by atoms with van der Waals surface area (Å²) < 4.78 is 15.1. The van der Waals surface area contributed by atoms with Crippen LogP contribution in [0.15, 0.2) is 0 Å². The Hall–Kier alpha value is 0.0969. The van der Waals surface area contributed by atoms with Gasteiger partial charge in [0.1, 0.15) is 0 Å². The molecule has 0 aliphatic carbocycles. The van der Waals surface area contributed by atoms with Crippen molar-refractivity contribution >= 4 is 8.72 Å². The van der Waals surface area contributed by atoms with Crippen molar-refractivity contribution in [3.8, 4) is 0 Å². The second-order valence-corrected chi connectivity index (χ2v) is 10.8. The van der Waals surface area contributed by atoms with E-state index in [2.05, 4.69) is 73.8 Å². The Morgan fingerprint density at radius 1 is 0.842 bits per heavy atom. The van der Waals surface area contributed by atoms with Crippen LogP contribution in [-0.4, -0.2) is 37.6 Å². The van der Waals surface area contributed by atoms with E-state index in [4.69, 9.17) is 8.85 Å². The minimum absolute atomic E-state index is 0.0130. The molecule has 0 bridgehead atoms. The lowest BCUT2D eigenvalue weighted by atomic mass is 10.0. The van der Waals surface area contributed by atoms with Crippen LogP contribution < -0.4 is 0 Å². The van der Waals surface area contributed by atoms with E-state index >= 15 is 0 Å². The highest BCUT2D eigenvalue weighted by atomic mass is 28.4. The van der Waals surface area contributed by atoms with E-state index in [9.17, 15) is 0 Å². The third kappa shape index (κ3) is 4.55. The van der Waals surface area contributed by atoms with E-state index in [0.29, 0.717) is 18.8 Å². The van der Waals surface area contributed by atoms with Gasteiger partial charge in [0, 0.05) is 29.8 Å². The summed E-state index contributed by atoms with van der Waals surface area (Å²) in [7, 11) is -2.44. The van der Waals surface area contributed by atoms with Crippen molar-refractivity contribution in [2.75, 3.05) is 13.2 Å². The number of rotatable bonds is 6. The number of hydrogen-bond acceptors (Lipinski definition) is 3. The molecule has 3 nitrogen and oxygen atoms in total. The van der Waals surface area contributed by atoms with Crippen LogP contribution in [0.2, 0.25) is 5.54 Å². The molecule has 0 saturated heterocycles. The monoisotopic (exact) mass is 289 g/mol. The van der Waals surface area contributed by atoms with Gasteiger partial charge >= 0.3 is 8.72 Å². The number of hydrogen-bond donors (Lipinski definition) is 0. The molecule has 0 N–H and O–H groups in total. The molecular weight excluding hydrogens is 254 g/mol. The van der Waals surface area contributed by atoms with Gasteiger partial charge in [-0.05, 0) is 55.4 Å². The summed E-state index contributed by atoms with van der Waals surface area (Å²) in [5, 5.41) is 0. The van der Waals surface area contributed by atoms with Crippen molar-refractivity contribution in [1.29, 1.82) is 0 Å². The van der Waals surface area contributed by atoms with Crippen LogP contribution in [-0.2, 0) is 8.85 Å². The van der Waals surface area contributed by atoms with Crippen molar-refractivity contribution in [1.82, 2.24) is 4.57 Å². The summed E-state index contributed by atoms with van der Waals surface area (Å²) in [5.41, 5.74) is 0.406. The minimum atomic E-state index is -2.44. The van der Waals surface area contributed by atoms with Gasteiger partial charge in [-0.2, -0.15) is 0 Å². The molecule has 0 fully saturated rings. The molecule has 0 rings (SSSR count). The van der Waals surface area contributed by atoms with Gasteiger partial charge in [-0.3, -0.25) is 4.57 Å². The van der Waals surface area contributed by atoms with Crippen LogP contribution in [0.1, 0.15) is 69.2 Å². The van der Waals surface area contributed by atoms with Crippen LogP contribution in [0.4, 0.5) is 0 Å². The minimum Gasteiger partial charge on any atom is -0.383 e. The van der Waals surface area contributed by atoms with Gasteiger partial charge in [0.25, 0.3) is 0 Å². The predicted octanol–water partition coefficient (Wildman–Crippen LogP) is 4.31. The average molecular weight is 290 g/mol. The largest absolute Gasteiger partial charge is 0.431 e.